The highest BCUT2D eigenvalue weighted by Crippen LogP contribution is 2.30. The lowest BCUT2D eigenvalue weighted by Crippen LogP contribution is -2.32. The molecule has 7 heteroatoms. The van der Waals surface area contributed by atoms with Gasteiger partial charge in [-0.15, -0.1) is 0 Å². The van der Waals surface area contributed by atoms with Crippen molar-refractivity contribution >= 4 is 10.0 Å². The third kappa shape index (κ3) is 3.59. The van der Waals surface area contributed by atoms with E-state index in [-0.39, 0.29) is 4.90 Å². The number of hydrogen-bond donors (Lipinski definition) is 1. The summed E-state index contributed by atoms with van der Waals surface area (Å²) >= 11 is 0. The number of rotatable bonds is 7. The van der Waals surface area contributed by atoms with Crippen LogP contribution < -0.4 is 14.8 Å². The fourth-order valence-electron chi connectivity index (χ4n) is 1.55. The molecule has 108 valence electrons. The van der Waals surface area contributed by atoms with Crippen LogP contribution >= 0.6 is 0 Å². The second kappa shape index (κ2) is 6.74. The van der Waals surface area contributed by atoms with Crippen LogP contribution in [0, 0.1) is 0 Å². The van der Waals surface area contributed by atoms with E-state index < -0.39 is 10.0 Å². The number of likely N-dealkylation sites (N-methyl/N-ethyl adjacent to an activating group) is 2. The van der Waals surface area contributed by atoms with Gasteiger partial charge in [0.1, 0.15) is 0 Å². The van der Waals surface area contributed by atoms with Crippen molar-refractivity contribution in [3.05, 3.63) is 18.2 Å². The summed E-state index contributed by atoms with van der Waals surface area (Å²) in [6, 6.07) is 4.55. The Labute approximate surface area is 114 Å². The molecule has 0 saturated carbocycles. The van der Waals surface area contributed by atoms with E-state index in [2.05, 4.69) is 5.32 Å². The molecule has 0 aliphatic heterocycles. The number of nitrogens with one attached hydrogen (secondary N) is 1. The van der Waals surface area contributed by atoms with Crippen molar-refractivity contribution in [1.82, 2.24) is 9.62 Å². The molecule has 0 atom stereocenters. The van der Waals surface area contributed by atoms with Crippen molar-refractivity contribution in [2.75, 3.05) is 41.4 Å². The maximum absolute atomic E-state index is 12.3. The Balaban J connectivity index is 3.08. The summed E-state index contributed by atoms with van der Waals surface area (Å²) in [6.07, 6.45) is 0. The molecule has 0 aliphatic carbocycles. The van der Waals surface area contributed by atoms with E-state index in [1.54, 1.807) is 20.2 Å². The average molecular weight is 288 g/mol. The van der Waals surface area contributed by atoms with Crippen molar-refractivity contribution in [1.29, 1.82) is 0 Å². The van der Waals surface area contributed by atoms with E-state index in [1.807, 2.05) is 0 Å². The zero-order valence-corrected chi connectivity index (χ0v) is 12.5. The molecule has 0 bridgehead atoms. The molecule has 0 unspecified atom stereocenters. The summed E-state index contributed by atoms with van der Waals surface area (Å²) in [4.78, 5) is 0.184. The minimum atomic E-state index is -3.51. The Morgan fingerprint density at radius 1 is 1.21 bits per heavy atom. The first-order valence-corrected chi connectivity index (χ1v) is 7.24. The molecule has 0 saturated heterocycles. The smallest absolute Gasteiger partial charge is 0.242 e. The molecule has 1 aromatic carbocycles. The van der Waals surface area contributed by atoms with E-state index in [9.17, 15) is 8.42 Å². The Hall–Kier alpha value is -1.31. The second-order valence-electron chi connectivity index (χ2n) is 3.95. The van der Waals surface area contributed by atoms with Gasteiger partial charge >= 0.3 is 0 Å². The zero-order valence-electron chi connectivity index (χ0n) is 11.6. The van der Waals surface area contributed by atoms with Gasteiger partial charge in [0, 0.05) is 26.2 Å². The molecule has 6 nitrogen and oxygen atoms in total. The van der Waals surface area contributed by atoms with Crippen LogP contribution in [0.25, 0.3) is 0 Å². The lowest BCUT2D eigenvalue weighted by Gasteiger charge is -2.18. The van der Waals surface area contributed by atoms with Crippen LogP contribution in [0.3, 0.4) is 0 Å². The van der Waals surface area contributed by atoms with E-state index in [4.69, 9.17) is 9.47 Å². The fraction of sp³-hybridized carbons (Fsp3) is 0.500. The van der Waals surface area contributed by atoms with E-state index in [0.717, 1.165) is 0 Å². The second-order valence-corrected chi connectivity index (χ2v) is 5.99. The maximum atomic E-state index is 12.3. The van der Waals surface area contributed by atoms with E-state index in [0.29, 0.717) is 24.6 Å². The standard InChI is InChI=1S/C12H20N2O4S/c1-13-7-8-14(2)19(15,16)10-5-6-11(17-3)12(9-10)18-4/h5-6,9,13H,7-8H2,1-4H3. The highest BCUT2D eigenvalue weighted by molar-refractivity contribution is 7.89. The number of hydrogen-bond acceptors (Lipinski definition) is 5. The number of sulfonamides is 1. The van der Waals surface area contributed by atoms with Crippen LogP contribution in [-0.4, -0.2) is 54.1 Å². The van der Waals surface area contributed by atoms with Gasteiger partial charge in [0.25, 0.3) is 0 Å². The minimum absolute atomic E-state index is 0.184. The normalized spacial score (nSPS) is 11.6. The third-order valence-corrected chi connectivity index (χ3v) is 4.59. The lowest BCUT2D eigenvalue weighted by molar-refractivity contribution is 0.353. The number of benzene rings is 1. The zero-order chi connectivity index (χ0) is 14.5. The predicted octanol–water partition coefficient (Wildman–Crippen LogP) is 0.544. The SMILES string of the molecule is CNCCN(C)S(=O)(=O)c1ccc(OC)c(OC)c1. The van der Waals surface area contributed by atoms with Gasteiger partial charge in [0.2, 0.25) is 10.0 Å². The molecule has 0 aliphatic rings. The highest BCUT2D eigenvalue weighted by atomic mass is 32.2. The maximum Gasteiger partial charge on any atom is 0.242 e. The van der Waals surface area contributed by atoms with Gasteiger partial charge in [-0.2, -0.15) is 4.31 Å². The number of ether oxygens (including phenoxy) is 2. The van der Waals surface area contributed by atoms with Crippen LogP contribution in [0.5, 0.6) is 11.5 Å². The van der Waals surface area contributed by atoms with Gasteiger partial charge in [0.05, 0.1) is 19.1 Å². The van der Waals surface area contributed by atoms with E-state index in [1.165, 1.54) is 30.7 Å². The Bertz CT molecular complexity index is 516. The lowest BCUT2D eigenvalue weighted by atomic mass is 10.3. The van der Waals surface area contributed by atoms with Crippen molar-refractivity contribution < 1.29 is 17.9 Å². The molecule has 0 heterocycles. The molecule has 0 spiro atoms. The van der Waals surface area contributed by atoms with Crippen molar-refractivity contribution in [3.63, 3.8) is 0 Å². The molecule has 1 rings (SSSR count). The minimum Gasteiger partial charge on any atom is -0.493 e. The van der Waals surface area contributed by atoms with Gasteiger partial charge in [-0.1, -0.05) is 0 Å². The summed E-state index contributed by atoms with van der Waals surface area (Å²) in [6.45, 7) is 0.982. The molecule has 0 radical (unpaired) electrons. The summed E-state index contributed by atoms with van der Waals surface area (Å²) in [5, 5.41) is 2.91. The predicted molar refractivity (Wildman–Crippen MR) is 73.3 cm³/mol. The first-order valence-electron chi connectivity index (χ1n) is 5.80. The first-order chi connectivity index (χ1) is 8.97. The fourth-order valence-corrected chi connectivity index (χ4v) is 2.73. The number of methoxy groups -OCH3 is 2. The number of nitrogens with zero attached hydrogens (tertiary/aromatic N) is 1. The Morgan fingerprint density at radius 2 is 1.84 bits per heavy atom. The molecule has 1 aromatic rings. The van der Waals surface area contributed by atoms with Crippen molar-refractivity contribution in [3.8, 4) is 11.5 Å². The van der Waals surface area contributed by atoms with Crippen LogP contribution in [0.2, 0.25) is 0 Å². The topological polar surface area (TPSA) is 67.9 Å². The van der Waals surface area contributed by atoms with Crippen molar-refractivity contribution in [2.24, 2.45) is 0 Å². The third-order valence-electron chi connectivity index (χ3n) is 2.74. The summed E-state index contributed by atoms with van der Waals surface area (Å²) in [5.74, 6) is 0.893. The van der Waals surface area contributed by atoms with Crippen LogP contribution in [0.15, 0.2) is 23.1 Å². The van der Waals surface area contributed by atoms with Gasteiger partial charge < -0.3 is 14.8 Å². The van der Waals surface area contributed by atoms with E-state index >= 15 is 0 Å². The summed E-state index contributed by atoms with van der Waals surface area (Å²) < 4.78 is 36.1. The van der Waals surface area contributed by atoms with Crippen molar-refractivity contribution in [2.45, 2.75) is 4.90 Å². The molecular weight excluding hydrogens is 268 g/mol. The molecule has 0 aromatic heterocycles. The monoisotopic (exact) mass is 288 g/mol. The van der Waals surface area contributed by atoms with Gasteiger partial charge in [-0.05, 0) is 19.2 Å². The Morgan fingerprint density at radius 3 is 2.37 bits per heavy atom. The quantitative estimate of drug-likeness (QED) is 0.793. The molecule has 0 amide bonds. The van der Waals surface area contributed by atoms with Gasteiger partial charge in [-0.3, -0.25) is 0 Å². The summed E-state index contributed by atoms with van der Waals surface area (Å²) in [5.41, 5.74) is 0. The average Bonchev–Trinajstić information content (AvgIpc) is 2.43. The summed E-state index contributed by atoms with van der Waals surface area (Å²) in [7, 11) is 2.78. The van der Waals surface area contributed by atoms with Gasteiger partial charge in [-0.25, -0.2) is 8.42 Å². The van der Waals surface area contributed by atoms with Crippen LogP contribution in [0.1, 0.15) is 0 Å². The molecule has 0 fully saturated rings. The molecule has 19 heavy (non-hydrogen) atoms. The molecule has 1 N–H and O–H groups in total. The highest BCUT2D eigenvalue weighted by Gasteiger charge is 2.21. The van der Waals surface area contributed by atoms with Crippen LogP contribution in [0.4, 0.5) is 0 Å². The first kappa shape index (κ1) is 15.7. The van der Waals surface area contributed by atoms with Crippen LogP contribution in [-0.2, 0) is 10.0 Å². The largest absolute Gasteiger partial charge is 0.493 e. The Kier molecular flexibility index (Phi) is 5.59. The van der Waals surface area contributed by atoms with Gasteiger partial charge in [0.15, 0.2) is 11.5 Å². The molecular formula is C12H20N2O4S.